The predicted molar refractivity (Wildman–Crippen MR) is 65.9 cm³/mol. The van der Waals surface area contributed by atoms with E-state index in [2.05, 4.69) is 24.4 Å². The molecule has 1 aromatic carbocycles. The number of hydrogen-bond acceptors (Lipinski definition) is 3. The van der Waals surface area contributed by atoms with Crippen molar-refractivity contribution in [3.8, 4) is 0 Å². The van der Waals surface area contributed by atoms with Crippen LogP contribution in [0.3, 0.4) is 0 Å². The number of hydrogen-bond donors (Lipinski definition) is 3. The minimum absolute atomic E-state index is 0.169. The molecule has 0 saturated carbocycles. The Labute approximate surface area is 101 Å². The molecule has 4 nitrogen and oxygen atoms in total. The van der Waals surface area contributed by atoms with Crippen molar-refractivity contribution in [3.63, 3.8) is 0 Å². The van der Waals surface area contributed by atoms with Crippen molar-refractivity contribution in [1.82, 2.24) is 5.32 Å². The van der Waals surface area contributed by atoms with E-state index < -0.39 is 11.6 Å². The summed E-state index contributed by atoms with van der Waals surface area (Å²) < 4.78 is 0. The molecule has 0 spiro atoms. The molecule has 0 radical (unpaired) electrons. The summed E-state index contributed by atoms with van der Waals surface area (Å²) in [5.74, 6) is -1.13. The number of carbonyl (C=O) groups is 1. The number of aryl methyl sites for hydroxylation is 1. The molecule has 4 heteroatoms. The highest BCUT2D eigenvalue weighted by Crippen LogP contribution is 2.15. The van der Waals surface area contributed by atoms with Gasteiger partial charge in [0, 0.05) is 6.54 Å². The summed E-state index contributed by atoms with van der Waals surface area (Å²) in [5, 5.41) is 20.6. The van der Waals surface area contributed by atoms with Crippen LogP contribution < -0.4 is 5.32 Å². The Morgan fingerprint density at radius 2 is 2.00 bits per heavy atom. The molecule has 1 unspecified atom stereocenters. The molecular formula is C13H19NO3. The zero-order chi connectivity index (χ0) is 12.7. The molecule has 1 aliphatic rings. The lowest BCUT2D eigenvalue weighted by molar-refractivity contribution is -0.160. The third-order valence-corrected chi connectivity index (χ3v) is 2.70. The first kappa shape index (κ1) is 13.7. The van der Waals surface area contributed by atoms with Crippen LogP contribution in [0.5, 0.6) is 0 Å². The van der Waals surface area contributed by atoms with E-state index >= 15 is 0 Å². The maximum absolute atomic E-state index is 10.4. The van der Waals surface area contributed by atoms with E-state index in [1.54, 1.807) is 0 Å². The highest BCUT2D eigenvalue weighted by molar-refractivity contribution is 5.77. The minimum Gasteiger partial charge on any atom is -0.479 e. The topological polar surface area (TPSA) is 69.6 Å². The van der Waals surface area contributed by atoms with Crippen molar-refractivity contribution >= 4 is 5.97 Å². The van der Waals surface area contributed by atoms with Gasteiger partial charge in [-0.05, 0) is 26.3 Å². The van der Waals surface area contributed by atoms with E-state index in [4.69, 9.17) is 5.11 Å². The standard InChI is InChI=1S/C7H8.C6H11NO3/c1-7-5-3-2-4-6-7;8-5(9)6(10)2-1-3-7-4-6/h2-6H,1H3;7,10H,1-4H2,(H,8,9). The van der Waals surface area contributed by atoms with Gasteiger partial charge in [-0.15, -0.1) is 0 Å². The highest BCUT2D eigenvalue weighted by Gasteiger charge is 2.36. The molecule has 0 aromatic heterocycles. The Balaban J connectivity index is 0.000000181. The van der Waals surface area contributed by atoms with E-state index in [1.165, 1.54) is 5.56 Å². The van der Waals surface area contributed by atoms with Crippen molar-refractivity contribution in [2.75, 3.05) is 13.1 Å². The summed E-state index contributed by atoms with van der Waals surface area (Å²) in [6.45, 7) is 3.05. The first-order valence-electron chi connectivity index (χ1n) is 5.73. The number of carboxylic acids is 1. The van der Waals surface area contributed by atoms with Gasteiger partial charge in [-0.1, -0.05) is 35.9 Å². The van der Waals surface area contributed by atoms with Gasteiger partial charge in [0.15, 0.2) is 5.60 Å². The molecule has 1 saturated heterocycles. The summed E-state index contributed by atoms with van der Waals surface area (Å²) in [6.07, 6.45) is 1.08. The Hall–Kier alpha value is -1.39. The van der Waals surface area contributed by atoms with Gasteiger partial charge in [0.1, 0.15) is 0 Å². The van der Waals surface area contributed by atoms with Gasteiger partial charge in [-0.25, -0.2) is 4.79 Å². The second-order valence-electron chi connectivity index (χ2n) is 4.27. The minimum atomic E-state index is -1.52. The van der Waals surface area contributed by atoms with E-state index in [1.807, 2.05) is 18.2 Å². The van der Waals surface area contributed by atoms with Gasteiger partial charge in [-0.2, -0.15) is 0 Å². The maximum atomic E-state index is 10.4. The fourth-order valence-corrected chi connectivity index (χ4v) is 1.61. The predicted octanol–water partition coefficient (Wildman–Crippen LogP) is 1.18. The number of piperidine rings is 1. The average Bonchev–Trinajstić information content (AvgIpc) is 2.31. The molecule has 1 aliphatic heterocycles. The largest absolute Gasteiger partial charge is 0.479 e. The zero-order valence-electron chi connectivity index (χ0n) is 10.0. The summed E-state index contributed by atoms with van der Waals surface area (Å²) in [6, 6.07) is 10.3. The Kier molecular flexibility index (Phi) is 5.12. The SMILES string of the molecule is Cc1ccccc1.O=C(O)C1(O)CCCNC1. The molecule has 0 aliphatic carbocycles. The number of benzene rings is 1. The number of aliphatic carboxylic acids is 1. The number of aliphatic hydroxyl groups is 1. The van der Waals surface area contributed by atoms with Crippen LogP contribution in [0.15, 0.2) is 30.3 Å². The number of nitrogens with one attached hydrogen (secondary N) is 1. The van der Waals surface area contributed by atoms with Gasteiger partial charge in [0.25, 0.3) is 0 Å². The molecule has 2 rings (SSSR count). The van der Waals surface area contributed by atoms with Gasteiger partial charge >= 0.3 is 5.97 Å². The summed E-state index contributed by atoms with van der Waals surface area (Å²) in [5.41, 5.74) is -0.194. The van der Waals surface area contributed by atoms with Crippen LogP contribution in [0.1, 0.15) is 18.4 Å². The summed E-state index contributed by atoms with van der Waals surface area (Å²) in [4.78, 5) is 10.4. The van der Waals surface area contributed by atoms with E-state index in [-0.39, 0.29) is 6.54 Å². The normalized spacial score (nSPS) is 23.4. The molecule has 94 valence electrons. The number of rotatable bonds is 1. The lowest BCUT2D eigenvalue weighted by atomic mass is 9.95. The van der Waals surface area contributed by atoms with Crippen molar-refractivity contribution in [3.05, 3.63) is 35.9 Å². The van der Waals surface area contributed by atoms with Crippen LogP contribution >= 0.6 is 0 Å². The summed E-state index contributed by atoms with van der Waals surface area (Å²) in [7, 11) is 0. The lowest BCUT2D eigenvalue weighted by Crippen LogP contribution is -2.51. The van der Waals surface area contributed by atoms with Gasteiger partial charge in [-0.3, -0.25) is 0 Å². The first-order chi connectivity index (χ1) is 8.04. The van der Waals surface area contributed by atoms with Crippen LogP contribution in [0.4, 0.5) is 0 Å². The van der Waals surface area contributed by atoms with Crippen molar-refractivity contribution in [2.24, 2.45) is 0 Å². The van der Waals surface area contributed by atoms with E-state index in [0.717, 1.165) is 13.0 Å². The maximum Gasteiger partial charge on any atom is 0.337 e. The lowest BCUT2D eigenvalue weighted by Gasteiger charge is -2.27. The van der Waals surface area contributed by atoms with Crippen molar-refractivity contribution in [2.45, 2.75) is 25.4 Å². The van der Waals surface area contributed by atoms with Crippen LogP contribution in [0.25, 0.3) is 0 Å². The van der Waals surface area contributed by atoms with Crippen molar-refractivity contribution < 1.29 is 15.0 Å². The van der Waals surface area contributed by atoms with Crippen LogP contribution in [-0.4, -0.2) is 34.9 Å². The highest BCUT2D eigenvalue weighted by atomic mass is 16.4. The third-order valence-electron chi connectivity index (χ3n) is 2.70. The van der Waals surface area contributed by atoms with Crippen molar-refractivity contribution in [1.29, 1.82) is 0 Å². The Morgan fingerprint density at radius 3 is 2.29 bits per heavy atom. The molecule has 1 aromatic rings. The molecule has 1 atom stereocenters. The third kappa shape index (κ3) is 4.54. The molecule has 1 fully saturated rings. The monoisotopic (exact) mass is 237 g/mol. The first-order valence-corrected chi connectivity index (χ1v) is 5.73. The van der Waals surface area contributed by atoms with Crippen LogP contribution in [-0.2, 0) is 4.79 Å². The number of carboxylic acid groups (broad SMARTS) is 1. The van der Waals surface area contributed by atoms with E-state index in [9.17, 15) is 9.90 Å². The van der Waals surface area contributed by atoms with Gasteiger partial charge < -0.3 is 15.5 Å². The quantitative estimate of drug-likeness (QED) is 0.686. The fraction of sp³-hybridized carbons (Fsp3) is 0.462. The van der Waals surface area contributed by atoms with Gasteiger partial charge in [0.05, 0.1) is 0 Å². The second kappa shape index (κ2) is 6.37. The molecule has 0 amide bonds. The fourth-order valence-electron chi connectivity index (χ4n) is 1.61. The smallest absolute Gasteiger partial charge is 0.337 e. The molecule has 1 heterocycles. The average molecular weight is 237 g/mol. The Morgan fingerprint density at radius 1 is 1.35 bits per heavy atom. The van der Waals surface area contributed by atoms with E-state index in [0.29, 0.717) is 6.42 Å². The summed E-state index contributed by atoms with van der Waals surface area (Å²) >= 11 is 0. The molecule has 0 bridgehead atoms. The Bertz CT molecular complexity index is 345. The number of β-amino-alcohol motifs (C(OH)–C–C–N with tert-alkyl or cyclic N) is 1. The van der Waals surface area contributed by atoms with Crippen LogP contribution in [0, 0.1) is 6.92 Å². The molecular weight excluding hydrogens is 218 g/mol. The second-order valence-corrected chi connectivity index (χ2v) is 4.27. The van der Waals surface area contributed by atoms with Gasteiger partial charge in [0.2, 0.25) is 0 Å². The van der Waals surface area contributed by atoms with Crippen LogP contribution in [0.2, 0.25) is 0 Å². The molecule has 17 heavy (non-hydrogen) atoms. The zero-order valence-corrected chi connectivity index (χ0v) is 10.0. The molecule has 3 N–H and O–H groups in total.